The molecule has 0 aliphatic heterocycles. The van der Waals surface area contributed by atoms with Gasteiger partial charge in [-0.2, -0.15) is 0 Å². The molecule has 0 amide bonds. The van der Waals surface area contributed by atoms with Crippen molar-refractivity contribution >= 4 is 37.5 Å². The highest BCUT2D eigenvalue weighted by atomic mass is 32.1. The van der Waals surface area contributed by atoms with E-state index in [-0.39, 0.29) is 11.2 Å². The van der Waals surface area contributed by atoms with E-state index in [2.05, 4.69) is 9.97 Å². The Morgan fingerprint density at radius 1 is 1.17 bits per heavy atom. The summed E-state index contributed by atoms with van der Waals surface area (Å²) in [6.07, 6.45) is 2.62. The molecule has 0 aliphatic carbocycles. The number of hydrogen-bond donors (Lipinski definition) is 0. The van der Waals surface area contributed by atoms with Crippen molar-refractivity contribution in [2.45, 2.75) is 0 Å². The molecule has 0 fully saturated rings. The third-order valence-electron chi connectivity index (χ3n) is 3.47. The van der Waals surface area contributed by atoms with Crippen LogP contribution in [0.25, 0.3) is 26.1 Å². The number of thiophene rings is 1. The molecule has 112 valence electrons. The van der Waals surface area contributed by atoms with Gasteiger partial charge < -0.3 is 0 Å². The lowest BCUT2D eigenvalue weighted by Crippen LogP contribution is -2.17. The van der Waals surface area contributed by atoms with Crippen LogP contribution in [0.4, 0.5) is 5.69 Å². The molecular formula is C15H8N4O3S. The van der Waals surface area contributed by atoms with Gasteiger partial charge in [-0.3, -0.25) is 19.5 Å². The van der Waals surface area contributed by atoms with E-state index in [1.165, 1.54) is 34.5 Å². The minimum absolute atomic E-state index is 0.119. The first kappa shape index (κ1) is 13.5. The van der Waals surface area contributed by atoms with Gasteiger partial charge in [-0.05, 0) is 12.1 Å². The fourth-order valence-corrected chi connectivity index (χ4v) is 3.39. The normalized spacial score (nSPS) is 11.1. The second kappa shape index (κ2) is 4.96. The SMILES string of the molecule is O=c1c2sc3ncc([N+](=O)[O-])cc3c2ncn1-c1ccccc1. The molecule has 23 heavy (non-hydrogen) atoms. The van der Waals surface area contributed by atoms with Crippen LogP contribution in [0.1, 0.15) is 0 Å². The summed E-state index contributed by atoms with van der Waals surface area (Å²) in [5, 5.41) is 11.4. The van der Waals surface area contributed by atoms with Gasteiger partial charge in [-0.15, -0.1) is 11.3 Å². The third kappa shape index (κ3) is 2.08. The molecule has 3 aromatic heterocycles. The molecule has 0 unspecified atom stereocenters. The number of hydrogen-bond acceptors (Lipinski definition) is 6. The van der Waals surface area contributed by atoms with Crippen molar-refractivity contribution in [3.05, 3.63) is 69.4 Å². The van der Waals surface area contributed by atoms with Crippen LogP contribution in [-0.4, -0.2) is 19.5 Å². The van der Waals surface area contributed by atoms with Gasteiger partial charge in [0, 0.05) is 11.5 Å². The van der Waals surface area contributed by atoms with Gasteiger partial charge in [-0.25, -0.2) is 9.97 Å². The quantitative estimate of drug-likeness (QED) is 0.417. The third-order valence-corrected chi connectivity index (χ3v) is 4.56. The summed E-state index contributed by atoms with van der Waals surface area (Å²) in [4.78, 5) is 32.0. The second-order valence-electron chi connectivity index (χ2n) is 4.84. The minimum atomic E-state index is -0.513. The molecular weight excluding hydrogens is 316 g/mol. The first-order valence-corrected chi connectivity index (χ1v) is 7.46. The first-order chi connectivity index (χ1) is 11.1. The molecule has 3 heterocycles. The predicted molar refractivity (Wildman–Crippen MR) is 87.2 cm³/mol. The van der Waals surface area contributed by atoms with E-state index in [1.807, 2.05) is 30.3 Å². The summed E-state index contributed by atoms with van der Waals surface area (Å²) in [6.45, 7) is 0. The van der Waals surface area contributed by atoms with Gasteiger partial charge in [0.1, 0.15) is 22.1 Å². The molecule has 0 saturated carbocycles. The van der Waals surface area contributed by atoms with E-state index >= 15 is 0 Å². The fourth-order valence-electron chi connectivity index (χ4n) is 2.38. The molecule has 4 aromatic rings. The van der Waals surface area contributed by atoms with E-state index in [0.29, 0.717) is 26.1 Å². The Labute approximate surface area is 132 Å². The number of rotatable bonds is 2. The zero-order valence-electron chi connectivity index (χ0n) is 11.5. The molecule has 0 bridgehead atoms. The van der Waals surface area contributed by atoms with Crippen LogP contribution in [0.2, 0.25) is 0 Å². The van der Waals surface area contributed by atoms with Gasteiger partial charge >= 0.3 is 0 Å². The lowest BCUT2D eigenvalue weighted by Gasteiger charge is -2.03. The predicted octanol–water partition coefficient (Wildman–Crippen LogP) is 2.90. The van der Waals surface area contributed by atoms with Crippen LogP contribution in [0.3, 0.4) is 0 Å². The molecule has 0 N–H and O–H groups in total. The highest BCUT2D eigenvalue weighted by molar-refractivity contribution is 7.25. The Hall–Kier alpha value is -3.13. The summed E-state index contributed by atoms with van der Waals surface area (Å²) in [5.41, 5.74) is 0.819. The van der Waals surface area contributed by atoms with E-state index in [4.69, 9.17) is 0 Å². The van der Waals surface area contributed by atoms with Gasteiger partial charge in [-0.1, -0.05) is 18.2 Å². The van der Waals surface area contributed by atoms with Crippen LogP contribution in [0.15, 0.2) is 53.7 Å². The minimum Gasteiger partial charge on any atom is -0.267 e. The molecule has 0 atom stereocenters. The molecule has 4 rings (SSSR count). The largest absolute Gasteiger partial charge is 0.288 e. The van der Waals surface area contributed by atoms with Crippen molar-refractivity contribution < 1.29 is 4.92 Å². The number of benzene rings is 1. The Morgan fingerprint density at radius 3 is 2.70 bits per heavy atom. The molecule has 0 aliphatic rings. The Kier molecular flexibility index (Phi) is 2.91. The first-order valence-electron chi connectivity index (χ1n) is 6.65. The second-order valence-corrected chi connectivity index (χ2v) is 5.84. The van der Waals surface area contributed by atoms with Crippen LogP contribution < -0.4 is 5.56 Å². The van der Waals surface area contributed by atoms with Crippen LogP contribution in [-0.2, 0) is 0 Å². The molecule has 0 saturated heterocycles. The average molecular weight is 324 g/mol. The maximum atomic E-state index is 12.7. The van der Waals surface area contributed by atoms with Crippen molar-refractivity contribution in [2.75, 3.05) is 0 Å². The summed E-state index contributed by atoms with van der Waals surface area (Å²) >= 11 is 1.19. The summed E-state index contributed by atoms with van der Waals surface area (Å²) < 4.78 is 1.88. The smallest absolute Gasteiger partial charge is 0.267 e. The Bertz CT molecular complexity index is 1120. The standard InChI is InChI=1S/C15H8N4O3S/c20-15-13-12(17-8-18(15)9-4-2-1-3-5-9)11-6-10(19(21)22)7-16-14(11)23-13/h1-8H. The number of fused-ring (bicyclic) bond motifs is 3. The topological polar surface area (TPSA) is 90.9 Å². The van der Waals surface area contributed by atoms with Crippen molar-refractivity contribution in [1.29, 1.82) is 0 Å². The maximum absolute atomic E-state index is 12.7. The van der Waals surface area contributed by atoms with Crippen LogP contribution >= 0.6 is 11.3 Å². The summed E-state index contributed by atoms with van der Waals surface area (Å²) in [6, 6.07) is 10.6. The van der Waals surface area contributed by atoms with Crippen molar-refractivity contribution in [3.63, 3.8) is 0 Å². The zero-order valence-corrected chi connectivity index (χ0v) is 12.4. The van der Waals surface area contributed by atoms with Crippen molar-refractivity contribution in [3.8, 4) is 5.69 Å². The van der Waals surface area contributed by atoms with Gasteiger partial charge in [0.25, 0.3) is 11.2 Å². The molecule has 0 spiro atoms. The summed E-state index contributed by atoms with van der Waals surface area (Å²) in [5.74, 6) is 0. The van der Waals surface area contributed by atoms with E-state index < -0.39 is 4.92 Å². The van der Waals surface area contributed by atoms with E-state index in [9.17, 15) is 14.9 Å². The zero-order chi connectivity index (χ0) is 16.0. The van der Waals surface area contributed by atoms with Crippen molar-refractivity contribution in [1.82, 2.24) is 14.5 Å². The average Bonchev–Trinajstić information content (AvgIpc) is 2.95. The number of nitrogens with zero attached hydrogens (tertiary/aromatic N) is 4. The molecule has 7 nitrogen and oxygen atoms in total. The molecule has 0 radical (unpaired) electrons. The maximum Gasteiger partial charge on any atom is 0.288 e. The number of nitro groups is 1. The van der Waals surface area contributed by atoms with Gasteiger partial charge in [0.2, 0.25) is 0 Å². The monoisotopic (exact) mass is 324 g/mol. The van der Waals surface area contributed by atoms with Gasteiger partial charge in [0.05, 0.1) is 16.1 Å². The Morgan fingerprint density at radius 2 is 1.96 bits per heavy atom. The van der Waals surface area contributed by atoms with Gasteiger partial charge in [0.15, 0.2) is 0 Å². The highest BCUT2D eigenvalue weighted by Crippen LogP contribution is 2.31. The van der Waals surface area contributed by atoms with Crippen molar-refractivity contribution in [2.24, 2.45) is 0 Å². The highest BCUT2D eigenvalue weighted by Gasteiger charge is 2.16. The Balaban J connectivity index is 2.03. The number of aromatic nitrogens is 3. The number of para-hydroxylation sites is 1. The van der Waals surface area contributed by atoms with Crippen LogP contribution in [0.5, 0.6) is 0 Å². The van der Waals surface area contributed by atoms with E-state index in [1.54, 1.807) is 0 Å². The summed E-state index contributed by atoms with van der Waals surface area (Å²) in [7, 11) is 0. The van der Waals surface area contributed by atoms with E-state index in [0.717, 1.165) is 0 Å². The number of pyridine rings is 1. The fraction of sp³-hybridized carbons (Fsp3) is 0. The molecule has 1 aromatic carbocycles. The lowest BCUT2D eigenvalue weighted by molar-refractivity contribution is -0.385. The van der Waals surface area contributed by atoms with Crippen LogP contribution in [0, 0.1) is 10.1 Å². The lowest BCUT2D eigenvalue weighted by atomic mass is 10.2. The molecule has 8 heteroatoms.